The number of carbonyl (C=O) groups is 2. The Morgan fingerprint density at radius 3 is 2.68 bits per heavy atom. The Kier molecular flexibility index (Phi) is 6.45. The molecule has 2 rings (SSSR count). The molecule has 0 unspecified atom stereocenters. The number of nitrogens with zero attached hydrogens (tertiary/aromatic N) is 2. The number of urea groups is 1. The Balaban J connectivity index is 2.32. The lowest BCUT2D eigenvalue weighted by atomic mass is 10.0. The van der Waals surface area contributed by atoms with E-state index < -0.39 is 28.7 Å². The zero-order valence-electron chi connectivity index (χ0n) is 14.7. The van der Waals surface area contributed by atoms with E-state index in [0.717, 1.165) is 4.90 Å². The molecule has 0 aromatic carbocycles. The molecule has 0 aromatic rings. The summed E-state index contributed by atoms with van der Waals surface area (Å²) in [5.74, 6) is 1.95. The molecular weight excluding hydrogens is 396 g/mol. The molecule has 2 aliphatic heterocycles. The molecule has 8 nitrogen and oxygen atoms in total. The highest BCUT2D eigenvalue weighted by molar-refractivity contribution is 9.10. The molecule has 0 spiro atoms. The van der Waals surface area contributed by atoms with Gasteiger partial charge in [-0.15, -0.1) is 6.42 Å². The van der Waals surface area contributed by atoms with Crippen molar-refractivity contribution in [2.45, 2.75) is 42.3 Å². The maximum Gasteiger partial charge on any atom is 0.330 e. The summed E-state index contributed by atoms with van der Waals surface area (Å²) in [4.78, 5) is 27.7. The van der Waals surface area contributed by atoms with Gasteiger partial charge in [-0.25, -0.2) is 4.79 Å². The summed E-state index contributed by atoms with van der Waals surface area (Å²) >= 11 is 3.40. The lowest BCUT2D eigenvalue weighted by Crippen LogP contribution is -2.69. The summed E-state index contributed by atoms with van der Waals surface area (Å²) in [6.07, 6.45) is 3.59. The molecule has 9 heteroatoms. The Labute approximate surface area is 155 Å². The van der Waals surface area contributed by atoms with Gasteiger partial charge in [0.2, 0.25) is 0 Å². The zero-order chi connectivity index (χ0) is 18.8. The van der Waals surface area contributed by atoms with E-state index in [-0.39, 0.29) is 18.8 Å². The fraction of sp³-hybridized carbons (Fsp3) is 0.750. The van der Waals surface area contributed by atoms with Gasteiger partial charge in [-0.1, -0.05) is 21.9 Å². The van der Waals surface area contributed by atoms with Crippen LogP contribution in [-0.4, -0.2) is 85.2 Å². The molecule has 0 radical (unpaired) electrons. The van der Waals surface area contributed by atoms with Crippen molar-refractivity contribution in [2.75, 3.05) is 34.5 Å². The summed E-state index contributed by atoms with van der Waals surface area (Å²) in [7, 11) is 4.56. The second-order valence-electron chi connectivity index (χ2n) is 6.09. The van der Waals surface area contributed by atoms with Crippen LogP contribution in [0.1, 0.15) is 13.3 Å². The number of ether oxygens (including phenoxy) is 4. The molecule has 2 aliphatic rings. The molecule has 0 aromatic heterocycles. The van der Waals surface area contributed by atoms with Crippen LogP contribution in [0, 0.1) is 12.3 Å². The van der Waals surface area contributed by atoms with Crippen molar-refractivity contribution in [3.63, 3.8) is 0 Å². The van der Waals surface area contributed by atoms with Gasteiger partial charge in [0.25, 0.3) is 5.91 Å². The topological polar surface area (TPSA) is 77.5 Å². The highest BCUT2D eigenvalue weighted by atomic mass is 79.9. The van der Waals surface area contributed by atoms with E-state index in [4.69, 9.17) is 25.4 Å². The molecule has 5 atom stereocenters. The zero-order valence-corrected chi connectivity index (χ0v) is 16.3. The summed E-state index contributed by atoms with van der Waals surface area (Å²) < 4.78 is 21.1. The van der Waals surface area contributed by atoms with Gasteiger partial charge >= 0.3 is 6.03 Å². The quantitative estimate of drug-likeness (QED) is 0.468. The summed E-state index contributed by atoms with van der Waals surface area (Å²) in [5, 5.41) is 0. The highest BCUT2D eigenvalue weighted by Gasteiger charge is 2.57. The van der Waals surface area contributed by atoms with Crippen molar-refractivity contribution in [3.05, 3.63) is 0 Å². The largest absolute Gasteiger partial charge is 0.382 e. The van der Waals surface area contributed by atoms with Crippen LogP contribution in [0.4, 0.5) is 4.79 Å². The predicted molar refractivity (Wildman–Crippen MR) is 91.9 cm³/mol. The van der Waals surface area contributed by atoms with Crippen molar-refractivity contribution in [1.29, 1.82) is 0 Å². The lowest BCUT2D eigenvalue weighted by Gasteiger charge is -2.47. The van der Waals surface area contributed by atoms with Crippen LogP contribution < -0.4 is 0 Å². The van der Waals surface area contributed by atoms with E-state index in [1.807, 2.05) is 0 Å². The molecule has 0 aliphatic carbocycles. The molecule has 2 heterocycles. The number of rotatable bonds is 6. The maximum atomic E-state index is 12.8. The van der Waals surface area contributed by atoms with Crippen LogP contribution >= 0.6 is 15.9 Å². The minimum Gasteiger partial charge on any atom is -0.382 e. The standard InChI is InChI=1S/C16H23BrN2O6/c1-6-7-24-14-16(2,17)13(20)18(3)15(21)19(14)12-8-10(23-5)11(25-12)9-22-4/h1,10-12,14H,7-9H2,2-5H3/t10-,11+,12+,14+,16-/m0/s1. The summed E-state index contributed by atoms with van der Waals surface area (Å²) in [6, 6.07) is -0.512. The van der Waals surface area contributed by atoms with Gasteiger partial charge in [-0.2, -0.15) is 0 Å². The third kappa shape index (κ3) is 3.68. The first kappa shape index (κ1) is 20.1. The van der Waals surface area contributed by atoms with Gasteiger partial charge in [0, 0.05) is 27.7 Å². The van der Waals surface area contributed by atoms with Crippen molar-refractivity contribution in [3.8, 4) is 12.3 Å². The number of hydrogen-bond donors (Lipinski definition) is 0. The molecular formula is C16H23BrN2O6. The average molecular weight is 419 g/mol. The van der Waals surface area contributed by atoms with Crippen molar-refractivity contribution < 1.29 is 28.5 Å². The first-order chi connectivity index (χ1) is 11.8. The Hall–Kier alpha value is -1.18. The number of halogens is 1. The third-order valence-corrected chi connectivity index (χ3v) is 5.13. The molecule has 0 bridgehead atoms. The number of hydrogen-bond acceptors (Lipinski definition) is 6. The predicted octanol–water partition coefficient (Wildman–Crippen LogP) is 0.786. The molecule has 140 valence electrons. The summed E-state index contributed by atoms with van der Waals surface area (Å²) in [5.41, 5.74) is 0. The minimum atomic E-state index is -1.15. The smallest absolute Gasteiger partial charge is 0.330 e. The van der Waals surface area contributed by atoms with Crippen LogP contribution in [0.5, 0.6) is 0 Å². The fourth-order valence-corrected chi connectivity index (χ4v) is 3.75. The van der Waals surface area contributed by atoms with Crippen LogP contribution in [-0.2, 0) is 23.7 Å². The fourth-order valence-electron chi connectivity index (χ4n) is 3.13. The van der Waals surface area contributed by atoms with Gasteiger partial charge in [0.15, 0.2) is 6.23 Å². The van der Waals surface area contributed by atoms with E-state index in [1.165, 1.54) is 11.9 Å². The Bertz CT molecular complexity index is 563. The highest BCUT2D eigenvalue weighted by Crippen LogP contribution is 2.38. The normalized spacial score (nSPS) is 36.0. The Morgan fingerprint density at radius 2 is 2.12 bits per heavy atom. The number of alkyl halides is 1. The third-order valence-electron chi connectivity index (χ3n) is 4.40. The monoisotopic (exact) mass is 418 g/mol. The summed E-state index contributed by atoms with van der Waals surface area (Å²) in [6.45, 7) is 1.92. The van der Waals surface area contributed by atoms with Crippen LogP contribution in [0.15, 0.2) is 0 Å². The van der Waals surface area contributed by atoms with E-state index in [1.54, 1.807) is 21.1 Å². The second-order valence-corrected chi connectivity index (χ2v) is 7.74. The van der Waals surface area contributed by atoms with Crippen molar-refractivity contribution >= 4 is 27.9 Å². The number of terminal acetylenes is 1. The van der Waals surface area contributed by atoms with E-state index >= 15 is 0 Å². The number of carbonyl (C=O) groups excluding carboxylic acids is 2. The Morgan fingerprint density at radius 1 is 1.44 bits per heavy atom. The van der Waals surface area contributed by atoms with E-state index in [2.05, 4.69) is 21.9 Å². The second kappa shape index (κ2) is 8.01. The van der Waals surface area contributed by atoms with E-state index in [9.17, 15) is 9.59 Å². The lowest BCUT2D eigenvalue weighted by molar-refractivity contribution is -0.168. The van der Waals surface area contributed by atoms with E-state index in [0.29, 0.717) is 13.0 Å². The molecule has 3 amide bonds. The molecule has 0 saturated carbocycles. The van der Waals surface area contributed by atoms with Gasteiger partial charge in [-0.05, 0) is 6.92 Å². The van der Waals surface area contributed by atoms with Crippen molar-refractivity contribution in [2.24, 2.45) is 0 Å². The minimum absolute atomic E-state index is 0.0471. The SMILES string of the molecule is C#CCO[C@H]1N([C@H]2C[C@H](OC)[C@@H](COC)O2)C(=O)N(C)C(=O)[C@]1(C)Br. The molecule has 0 N–H and O–H groups in total. The van der Waals surface area contributed by atoms with Gasteiger partial charge in [0.1, 0.15) is 23.3 Å². The first-order valence-corrected chi connectivity index (χ1v) is 8.60. The van der Waals surface area contributed by atoms with Crippen molar-refractivity contribution in [1.82, 2.24) is 9.80 Å². The molecule has 25 heavy (non-hydrogen) atoms. The van der Waals surface area contributed by atoms with Crippen LogP contribution in [0.2, 0.25) is 0 Å². The van der Waals surface area contributed by atoms with Gasteiger partial charge in [-0.3, -0.25) is 14.6 Å². The number of imide groups is 1. The first-order valence-electron chi connectivity index (χ1n) is 7.81. The number of methoxy groups -OCH3 is 2. The van der Waals surface area contributed by atoms with Gasteiger partial charge in [0.05, 0.1) is 12.7 Å². The van der Waals surface area contributed by atoms with Gasteiger partial charge < -0.3 is 18.9 Å². The van der Waals surface area contributed by atoms with Crippen LogP contribution in [0.3, 0.4) is 0 Å². The average Bonchev–Trinajstić information content (AvgIpc) is 2.98. The number of amides is 3. The molecule has 2 fully saturated rings. The molecule has 2 saturated heterocycles. The maximum absolute atomic E-state index is 12.8. The van der Waals surface area contributed by atoms with Crippen LogP contribution in [0.25, 0.3) is 0 Å².